The van der Waals surface area contributed by atoms with Crippen LogP contribution in [0.5, 0.6) is 0 Å². The summed E-state index contributed by atoms with van der Waals surface area (Å²) in [5, 5.41) is 2.49. The first kappa shape index (κ1) is 13.5. The van der Waals surface area contributed by atoms with E-state index in [1.54, 1.807) is 17.6 Å². The van der Waals surface area contributed by atoms with Gasteiger partial charge in [0.25, 0.3) is 0 Å². The Morgan fingerprint density at radius 2 is 1.86 bits per heavy atom. The molecule has 3 heteroatoms. The minimum Gasteiger partial charge on any atom is -0.454 e. The van der Waals surface area contributed by atoms with Crippen LogP contribution in [0.1, 0.15) is 16.7 Å². The molecule has 2 nitrogen and oxygen atoms in total. The molecule has 0 N–H and O–H groups in total. The molecule has 110 valence electrons. The van der Waals surface area contributed by atoms with E-state index in [1.807, 2.05) is 0 Å². The van der Waals surface area contributed by atoms with Crippen molar-refractivity contribution in [1.29, 1.82) is 0 Å². The molecule has 0 amide bonds. The Bertz CT molecular complexity index is 1020. The first-order chi connectivity index (χ1) is 10.6. The molecule has 0 fully saturated rings. The number of pyridine rings is 1. The number of hydrogen-bond acceptors (Lipinski definition) is 2. The Morgan fingerprint density at radius 1 is 1.05 bits per heavy atom. The van der Waals surface area contributed by atoms with Gasteiger partial charge in [0.2, 0.25) is 5.69 Å². The first-order valence-electron chi connectivity index (χ1n) is 7.43. The fourth-order valence-corrected chi connectivity index (χ4v) is 4.42. The molecule has 0 saturated heterocycles. The molecule has 0 spiro atoms. The van der Waals surface area contributed by atoms with Gasteiger partial charge in [0.15, 0.2) is 11.1 Å². The summed E-state index contributed by atoms with van der Waals surface area (Å²) in [6, 6.07) is 8.79. The fourth-order valence-electron chi connectivity index (χ4n) is 3.20. The Kier molecular flexibility index (Phi) is 2.88. The molecule has 4 rings (SSSR count). The van der Waals surface area contributed by atoms with Crippen molar-refractivity contribution >= 4 is 31.7 Å². The Labute approximate surface area is 133 Å². The van der Waals surface area contributed by atoms with Crippen molar-refractivity contribution in [2.24, 2.45) is 7.05 Å². The van der Waals surface area contributed by atoms with Gasteiger partial charge >= 0.3 is 0 Å². The monoisotopic (exact) mass is 308 g/mol. The lowest BCUT2D eigenvalue weighted by Gasteiger charge is -2.09. The van der Waals surface area contributed by atoms with Gasteiger partial charge in [0.1, 0.15) is 11.7 Å². The lowest BCUT2D eigenvalue weighted by molar-refractivity contribution is -0.659. The molecule has 4 aromatic rings. The quantitative estimate of drug-likeness (QED) is 0.449. The molecular weight excluding hydrogens is 290 g/mol. The summed E-state index contributed by atoms with van der Waals surface area (Å²) in [6.45, 7) is 6.56. The number of thiophene rings is 1. The summed E-state index contributed by atoms with van der Waals surface area (Å²) >= 11 is 1.74. The molecule has 0 unspecified atom stereocenters. The summed E-state index contributed by atoms with van der Waals surface area (Å²) in [5.41, 5.74) is 6.58. The number of rotatable bonds is 1. The van der Waals surface area contributed by atoms with Crippen LogP contribution in [0, 0.1) is 20.8 Å². The van der Waals surface area contributed by atoms with Crippen molar-refractivity contribution in [3.05, 3.63) is 53.4 Å². The topological polar surface area (TPSA) is 17.0 Å². The molecule has 0 aliphatic carbocycles. The lowest BCUT2D eigenvalue weighted by atomic mass is 9.97. The molecule has 0 aliphatic rings. The summed E-state index contributed by atoms with van der Waals surface area (Å²) < 4.78 is 9.14. The van der Waals surface area contributed by atoms with Crippen molar-refractivity contribution in [3.8, 4) is 11.3 Å². The fraction of sp³-hybridized carbons (Fsp3) is 0.211. The zero-order valence-electron chi connectivity index (χ0n) is 13.2. The lowest BCUT2D eigenvalue weighted by Crippen LogP contribution is -2.30. The average Bonchev–Trinajstić information content (AvgIpc) is 3.03. The minimum absolute atomic E-state index is 1.00. The second-order valence-corrected chi connectivity index (χ2v) is 6.98. The van der Waals surface area contributed by atoms with Crippen LogP contribution in [0.2, 0.25) is 0 Å². The number of aromatic nitrogens is 1. The SMILES string of the molecule is Cc1cc(C)c(C)c(-c2c3sc4occc4c3cc[n+]2C)c1. The van der Waals surface area contributed by atoms with Crippen molar-refractivity contribution in [3.63, 3.8) is 0 Å². The smallest absolute Gasteiger partial charge is 0.230 e. The van der Waals surface area contributed by atoms with Gasteiger partial charge < -0.3 is 4.42 Å². The van der Waals surface area contributed by atoms with Crippen LogP contribution >= 0.6 is 11.3 Å². The third kappa shape index (κ3) is 1.82. The van der Waals surface area contributed by atoms with E-state index in [2.05, 4.69) is 62.8 Å². The van der Waals surface area contributed by atoms with Crippen LogP contribution in [0.4, 0.5) is 0 Å². The number of fused-ring (bicyclic) bond motifs is 3. The maximum absolute atomic E-state index is 5.62. The van der Waals surface area contributed by atoms with E-state index in [1.165, 1.54) is 43.4 Å². The third-order valence-electron chi connectivity index (χ3n) is 4.46. The molecule has 3 aromatic heterocycles. The van der Waals surface area contributed by atoms with E-state index in [0.29, 0.717) is 0 Å². The molecule has 0 radical (unpaired) electrons. The summed E-state index contributed by atoms with van der Waals surface area (Å²) in [4.78, 5) is 1.00. The van der Waals surface area contributed by atoms with Gasteiger partial charge in [-0.05, 0) is 44.0 Å². The summed E-state index contributed by atoms with van der Waals surface area (Å²) in [6.07, 6.45) is 3.92. The van der Waals surface area contributed by atoms with Crippen molar-refractivity contribution in [1.82, 2.24) is 0 Å². The normalized spacial score (nSPS) is 11.6. The second kappa shape index (κ2) is 4.68. The second-order valence-electron chi connectivity index (χ2n) is 6.00. The molecule has 22 heavy (non-hydrogen) atoms. The predicted molar refractivity (Wildman–Crippen MR) is 92.4 cm³/mol. The number of nitrogens with zero attached hydrogens (tertiary/aromatic N) is 1. The van der Waals surface area contributed by atoms with Crippen LogP contribution in [-0.4, -0.2) is 0 Å². The Balaban J connectivity index is 2.16. The van der Waals surface area contributed by atoms with E-state index in [0.717, 1.165) is 4.90 Å². The summed E-state index contributed by atoms with van der Waals surface area (Å²) in [5.74, 6) is 0. The molecule has 3 heterocycles. The van der Waals surface area contributed by atoms with Crippen LogP contribution in [0.15, 0.2) is 41.1 Å². The van der Waals surface area contributed by atoms with Gasteiger partial charge in [-0.25, -0.2) is 0 Å². The molecule has 1 aromatic carbocycles. The molecule has 0 atom stereocenters. The largest absolute Gasteiger partial charge is 0.454 e. The summed E-state index contributed by atoms with van der Waals surface area (Å²) in [7, 11) is 2.12. The van der Waals surface area contributed by atoms with Crippen LogP contribution in [0.25, 0.3) is 31.6 Å². The highest BCUT2D eigenvalue weighted by Gasteiger charge is 2.22. The maximum atomic E-state index is 5.62. The van der Waals surface area contributed by atoms with Gasteiger partial charge in [0.05, 0.1) is 11.8 Å². The predicted octanol–water partition coefficient (Wildman–Crippen LogP) is 5.06. The highest BCUT2D eigenvalue weighted by Crippen LogP contribution is 2.39. The molecule has 0 bridgehead atoms. The molecule has 0 aliphatic heterocycles. The Morgan fingerprint density at radius 3 is 2.68 bits per heavy atom. The zero-order valence-corrected chi connectivity index (χ0v) is 14.0. The Hall–Kier alpha value is -2.13. The number of aryl methyl sites for hydroxylation is 3. The number of benzene rings is 1. The van der Waals surface area contributed by atoms with E-state index in [-0.39, 0.29) is 0 Å². The minimum atomic E-state index is 1.00. The van der Waals surface area contributed by atoms with Crippen LogP contribution in [-0.2, 0) is 7.05 Å². The standard InChI is InChI=1S/C19H18NOS/c1-11-9-12(2)13(3)16(10-11)17-18-14(5-7-20(17)4)15-6-8-21-19(15)22-18/h5-10H,1-4H3/q+1. The van der Waals surface area contributed by atoms with Gasteiger partial charge in [-0.3, -0.25) is 0 Å². The van der Waals surface area contributed by atoms with E-state index < -0.39 is 0 Å². The third-order valence-corrected chi connectivity index (χ3v) is 5.58. The van der Waals surface area contributed by atoms with E-state index >= 15 is 0 Å². The number of hydrogen-bond donors (Lipinski definition) is 0. The van der Waals surface area contributed by atoms with E-state index in [4.69, 9.17) is 4.42 Å². The zero-order chi connectivity index (χ0) is 15.4. The van der Waals surface area contributed by atoms with Crippen LogP contribution in [0.3, 0.4) is 0 Å². The van der Waals surface area contributed by atoms with Crippen LogP contribution < -0.4 is 4.57 Å². The maximum Gasteiger partial charge on any atom is 0.230 e. The molecule has 0 saturated carbocycles. The van der Waals surface area contributed by atoms with Crippen molar-refractivity contribution in [2.45, 2.75) is 20.8 Å². The highest BCUT2D eigenvalue weighted by molar-refractivity contribution is 7.25. The highest BCUT2D eigenvalue weighted by atomic mass is 32.1. The van der Waals surface area contributed by atoms with Gasteiger partial charge in [-0.15, -0.1) is 0 Å². The van der Waals surface area contributed by atoms with Crippen molar-refractivity contribution in [2.75, 3.05) is 0 Å². The first-order valence-corrected chi connectivity index (χ1v) is 8.24. The van der Waals surface area contributed by atoms with Gasteiger partial charge in [0, 0.05) is 16.8 Å². The van der Waals surface area contributed by atoms with Gasteiger partial charge in [-0.2, -0.15) is 4.57 Å². The number of furan rings is 1. The molecular formula is C19H18NOS+. The average molecular weight is 308 g/mol. The van der Waals surface area contributed by atoms with Crippen molar-refractivity contribution < 1.29 is 8.98 Å². The van der Waals surface area contributed by atoms with E-state index in [9.17, 15) is 0 Å². The van der Waals surface area contributed by atoms with Gasteiger partial charge in [-0.1, -0.05) is 23.0 Å².